The fraction of sp³-hybridized carbons (Fsp3) is 0.300. The smallest absolute Gasteiger partial charge is 0.0645 e. The lowest BCUT2D eigenvalue weighted by Crippen LogP contribution is -1.79. The Morgan fingerprint density at radius 1 is 1.33 bits per heavy atom. The summed E-state index contributed by atoms with van der Waals surface area (Å²) in [6, 6.07) is 10.3. The fourth-order valence-corrected chi connectivity index (χ4v) is 1.18. The second-order valence-corrected chi connectivity index (χ2v) is 3.51. The summed E-state index contributed by atoms with van der Waals surface area (Å²) in [4.78, 5) is 4.27. The van der Waals surface area contributed by atoms with Gasteiger partial charge in [0.25, 0.3) is 0 Å². The molecule has 0 unspecified atom stereocenters. The molecule has 0 radical (unpaired) electrons. The molecule has 0 fully saturated rings. The number of benzene rings is 1. The van der Waals surface area contributed by atoms with E-state index < -0.39 is 0 Å². The topological polar surface area (TPSA) is 12.4 Å². The van der Waals surface area contributed by atoms with Crippen LogP contribution < -0.4 is 0 Å². The largest absolute Gasteiger partial charge is 0.282 e. The van der Waals surface area contributed by atoms with E-state index in [1.807, 2.05) is 23.7 Å². The summed E-state index contributed by atoms with van der Waals surface area (Å²) < 4.78 is 0. The van der Waals surface area contributed by atoms with Crippen LogP contribution in [0.3, 0.4) is 0 Å². The average Bonchev–Trinajstić information content (AvgIpc) is 2.14. The number of hydrogen-bond acceptors (Lipinski definition) is 2. The molecule has 64 valence electrons. The van der Waals surface area contributed by atoms with Gasteiger partial charge >= 0.3 is 0 Å². The Morgan fingerprint density at radius 3 is 2.75 bits per heavy atom. The Bertz CT molecular complexity index is 231. The van der Waals surface area contributed by atoms with Crippen molar-refractivity contribution in [1.82, 2.24) is 0 Å². The van der Waals surface area contributed by atoms with Gasteiger partial charge in [-0.25, -0.2) is 0 Å². The Kier molecular flexibility index (Phi) is 4.54. The first-order valence-corrected chi connectivity index (χ1v) is 5.12. The third-order valence-corrected chi connectivity index (χ3v) is 2.06. The summed E-state index contributed by atoms with van der Waals surface area (Å²) >= 11 is 1.74. The molecule has 0 saturated heterocycles. The molecule has 2 heteroatoms. The van der Waals surface area contributed by atoms with Crippen molar-refractivity contribution in [3.63, 3.8) is 0 Å². The minimum absolute atomic E-state index is 0.799. The van der Waals surface area contributed by atoms with Crippen LogP contribution in [0.2, 0.25) is 0 Å². The van der Waals surface area contributed by atoms with Crippen LogP contribution in [0.5, 0.6) is 0 Å². The van der Waals surface area contributed by atoms with Gasteiger partial charge in [-0.1, -0.05) is 37.3 Å². The van der Waals surface area contributed by atoms with Crippen molar-refractivity contribution in [3.8, 4) is 0 Å². The van der Waals surface area contributed by atoms with Crippen molar-refractivity contribution < 1.29 is 0 Å². The standard InChI is InChI=1S/C10H13NS/c1-2-12-9-11-8-10-6-4-3-5-7-10/h3-7,9H,2,8H2,1H3. The lowest BCUT2D eigenvalue weighted by molar-refractivity contribution is 1.08. The predicted molar refractivity (Wildman–Crippen MR) is 56.8 cm³/mol. The van der Waals surface area contributed by atoms with E-state index in [0.29, 0.717) is 0 Å². The van der Waals surface area contributed by atoms with Gasteiger partial charge in [0, 0.05) is 0 Å². The van der Waals surface area contributed by atoms with Gasteiger partial charge in [-0.2, -0.15) is 0 Å². The van der Waals surface area contributed by atoms with E-state index in [1.165, 1.54) is 5.56 Å². The Hall–Kier alpha value is -0.760. The Labute approximate surface area is 77.9 Å². The van der Waals surface area contributed by atoms with Crippen LogP contribution in [0.1, 0.15) is 12.5 Å². The first-order chi connectivity index (χ1) is 5.93. The zero-order valence-electron chi connectivity index (χ0n) is 7.23. The van der Waals surface area contributed by atoms with Crippen molar-refractivity contribution in [2.75, 3.05) is 5.75 Å². The van der Waals surface area contributed by atoms with E-state index >= 15 is 0 Å². The number of rotatable bonds is 4. The zero-order valence-corrected chi connectivity index (χ0v) is 8.05. The molecule has 0 amide bonds. The number of aliphatic imine (C=N–C) groups is 1. The summed E-state index contributed by atoms with van der Waals surface area (Å²) in [7, 11) is 0. The molecule has 1 aromatic rings. The first-order valence-electron chi connectivity index (χ1n) is 4.07. The molecule has 0 heterocycles. The van der Waals surface area contributed by atoms with Crippen LogP contribution >= 0.6 is 11.8 Å². The number of nitrogens with zero attached hydrogens (tertiary/aromatic N) is 1. The molecule has 1 nitrogen and oxygen atoms in total. The molecule has 0 aliphatic heterocycles. The van der Waals surface area contributed by atoms with Crippen LogP contribution in [0.15, 0.2) is 35.3 Å². The summed E-state index contributed by atoms with van der Waals surface area (Å²) in [6.45, 7) is 2.92. The molecule has 1 aromatic carbocycles. The van der Waals surface area contributed by atoms with Gasteiger partial charge < -0.3 is 0 Å². The highest BCUT2D eigenvalue weighted by atomic mass is 32.2. The van der Waals surface area contributed by atoms with Gasteiger partial charge in [-0.3, -0.25) is 4.99 Å². The highest BCUT2D eigenvalue weighted by Gasteiger charge is 1.85. The number of hydrogen-bond donors (Lipinski definition) is 0. The molecule has 0 bridgehead atoms. The fourth-order valence-electron chi connectivity index (χ4n) is 0.853. The second-order valence-electron chi connectivity index (χ2n) is 2.39. The third kappa shape index (κ3) is 3.58. The maximum Gasteiger partial charge on any atom is 0.0645 e. The van der Waals surface area contributed by atoms with E-state index in [1.54, 1.807) is 11.8 Å². The van der Waals surface area contributed by atoms with Gasteiger partial charge in [0.15, 0.2) is 0 Å². The third-order valence-electron chi connectivity index (χ3n) is 1.43. The minimum atomic E-state index is 0.799. The van der Waals surface area contributed by atoms with Crippen molar-refractivity contribution in [2.24, 2.45) is 4.99 Å². The molecule has 12 heavy (non-hydrogen) atoms. The lowest BCUT2D eigenvalue weighted by atomic mass is 10.2. The Balaban J connectivity index is 2.33. The van der Waals surface area contributed by atoms with Crippen LogP contribution in [-0.2, 0) is 6.54 Å². The van der Waals surface area contributed by atoms with Gasteiger partial charge in [-0.05, 0) is 11.3 Å². The average molecular weight is 179 g/mol. The van der Waals surface area contributed by atoms with Gasteiger partial charge in [0.1, 0.15) is 0 Å². The van der Waals surface area contributed by atoms with Crippen LogP contribution in [0.4, 0.5) is 0 Å². The molecule has 0 saturated carbocycles. The summed E-state index contributed by atoms with van der Waals surface area (Å²) in [5, 5.41) is 0. The SMILES string of the molecule is CCSC=NCc1ccccc1. The first kappa shape index (κ1) is 9.33. The molecule has 0 atom stereocenters. The van der Waals surface area contributed by atoms with E-state index in [0.717, 1.165) is 12.3 Å². The molecular weight excluding hydrogens is 166 g/mol. The maximum atomic E-state index is 4.27. The van der Waals surface area contributed by atoms with Crippen molar-refractivity contribution >= 4 is 17.3 Å². The predicted octanol–water partition coefficient (Wildman–Crippen LogP) is 2.97. The van der Waals surface area contributed by atoms with Crippen molar-refractivity contribution in [2.45, 2.75) is 13.5 Å². The van der Waals surface area contributed by atoms with Crippen LogP contribution in [0, 0.1) is 0 Å². The molecule has 0 N–H and O–H groups in total. The molecular formula is C10H13NS. The van der Waals surface area contributed by atoms with Gasteiger partial charge in [0.2, 0.25) is 0 Å². The highest BCUT2D eigenvalue weighted by Crippen LogP contribution is 2.01. The monoisotopic (exact) mass is 179 g/mol. The zero-order chi connectivity index (χ0) is 8.65. The highest BCUT2D eigenvalue weighted by molar-refractivity contribution is 8.12. The summed E-state index contributed by atoms with van der Waals surface area (Å²) in [5.74, 6) is 1.10. The van der Waals surface area contributed by atoms with Crippen molar-refractivity contribution in [1.29, 1.82) is 0 Å². The molecule has 0 aromatic heterocycles. The summed E-state index contributed by atoms with van der Waals surface area (Å²) in [6.07, 6.45) is 0. The van der Waals surface area contributed by atoms with E-state index in [9.17, 15) is 0 Å². The normalized spacial score (nSPS) is 10.8. The van der Waals surface area contributed by atoms with Crippen molar-refractivity contribution in [3.05, 3.63) is 35.9 Å². The molecule has 0 aliphatic carbocycles. The van der Waals surface area contributed by atoms with Gasteiger partial charge in [0.05, 0.1) is 12.1 Å². The maximum absolute atomic E-state index is 4.27. The number of thioether (sulfide) groups is 1. The molecule has 0 spiro atoms. The lowest BCUT2D eigenvalue weighted by Gasteiger charge is -1.93. The van der Waals surface area contributed by atoms with Gasteiger partial charge in [-0.15, -0.1) is 11.8 Å². The second kappa shape index (κ2) is 5.84. The molecule has 1 rings (SSSR count). The van der Waals surface area contributed by atoms with Crippen LogP contribution in [-0.4, -0.2) is 11.3 Å². The minimum Gasteiger partial charge on any atom is -0.282 e. The quantitative estimate of drug-likeness (QED) is 0.511. The Morgan fingerprint density at radius 2 is 2.08 bits per heavy atom. The molecule has 0 aliphatic rings. The van der Waals surface area contributed by atoms with Crippen LogP contribution in [0.25, 0.3) is 0 Å². The van der Waals surface area contributed by atoms with E-state index in [2.05, 4.69) is 24.0 Å². The summed E-state index contributed by atoms with van der Waals surface area (Å²) in [5.41, 5.74) is 3.19. The van der Waals surface area contributed by atoms with E-state index in [-0.39, 0.29) is 0 Å². The van der Waals surface area contributed by atoms with E-state index in [4.69, 9.17) is 0 Å².